The van der Waals surface area contributed by atoms with Gasteiger partial charge in [-0.3, -0.25) is 4.98 Å². The lowest BCUT2D eigenvalue weighted by molar-refractivity contribution is 0.371. The molecule has 2 heterocycles. The first-order chi connectivity index (χ1) is 9.20. The van der Waals surface area contributed by atoms with Gasteiger partial charge in [-0.1, -0.05) is 6.92 Å². The predicted octanol–water partition coefficient (Wildman–Crippen LogP) is 1.83. The summed E-state index contributed by atoms with van der Waals surface area (Å²) >= 11 is 0. The topological polar surface area (TPSA) is 44.3 Å². The summed E-state index contributed by atoms with van der Waals surface area (Å²) in [5.74, 6) is 1.89. The Balaban J connectivity index is 2.07. The molecule has 1 aliphatic heterocycles. The van der Waals surface area contributed by atoms with Gasteiger partial charge in [-0.2, -0.15) is 0 Å². The number of nitrogens with one attached hydrogen (secondary N) is 1. The van der Waals surface area contributed by atoms with Crippen LogP contribution in [-0.4, -0.2) is 54.6 Å². The third kappa shape index (κ3) is 3.80. The summed E-state index contributed by atoms with van der Waals surface area (Å²) in [7, 11) is 4.25. The second kappa shape index (κ2) is 6.70. The molecule has 19 heavy (non-hydrogen) atoms. The zero-order valence-electron chi connectivity index (χ0n) is 12.3. The summed E-state index contributed by atoms with van der Waals surface area (Å²) in [6.07, 6.45) is 7.26. The van der Waals surface area contributed by atoms with E-state index in [0.29, 0.717) is 6.04 Å². The molecule has 106 valence electrons. The lowest BCUT2D eigenvalue weighted by Gasteiger charge is -2.28. The Bertz CT molecular complexity index is 393. The molecule has 1 unspecified atom stereocenters. The molecule has 1 aromatic rings. The van der Waals surface area contributed by atoms with Gasteiger partial charge in [0.2, 0.25) is 0 Å². The predicted molar refractivity (Wildman–Crippen MR) is 79.7 cm³/mol. The van der Waals surface area contributed by atoms with E-state index in [0.717, 1.165) is 37.7 Å². The summed E-state index contributed by atoms with van der Waals surface area (Å²) in [6.45, 7) is 5.26. The molecule has 0 aliphatic carbocycles. The van der Waals surface area contributed by atoms with Gasteiger partial charge in [0.25, 0.3) is 0 Å². The first kappa shape index (κ1) is 14.1. The van der Waals surface area contributed by atoms with Crippen molar-refractivity contribution in [3.8, 4) is 0 Å². The number of rotatable bonds is 6. The zero-order valence-corrected chi connectivity index (χ0v) is 12.3. The maximum atomic E-state index is 4.68. The van der Waals surface area contributed by atoms with E-state index in [2.05, 4.69) is 46.1 Å². The molecule has 1 aromatic heterocycles. The highest BCUT2D eigenvalue weighted by Crippen LogP contribution is 2.24. The number of nitrogens with zero attached hydrogens (tertiary/aromatic N) is 4. The summed E-state index contributed by atoms with van der Waals surface area (Å²) in [5, 5.41) is 3.30. The molecule has 1 saturated heterocycles. The van der Waals surface area contributed by atoms with Crippen molar-refractivity contribution < 1.29 is 0 Å². The maximum Gasteiger partial charge on any atom is 0.149 e. The molecular formula is C14H25N5. The summed E-state index contributed by atoms with van der Waals surface area (Å²) in [4.78, 5) is 13.6. The number of likely N-dealkylation sites (N-methyl/N-ethyl adjacent to an activating group) is 1. The van der Waals surface area contributed by atoms with Crippen LogP contribution < -0.4 is 10.2 Å². The van der Waals surface area contributed by atoms with E-state index in [1.54, 1.807) is 6.20 Å². The molecule has 1 fully saturated rings. The van der Waals surface area contributed by atoms with Gasteiger partial charge in [-0.05, 0) is 33.4 Å². The molecule has 0 spiro atoms. The lowest BCUT2D eigenvalue weighted by atomic mass is 10.2. The summed E-state index contributed by atoms with van der Waals surface area (Å²) < 4.78 is 0. The van der Waals surface area contributed by atoms with Gasteiger partial charge in [-0.25, -0.2) is 4.98 Å². The average molecular weight is 263 g/mol. The molecule has 5 nitrogen and oxygen atoms in total. The molecule has 1 atom stereocenters. The molecule has 0 radical (unpaired) electrons. The van der Waals surface area contributed by atoms with Gasteiger partial charge < -0.3 is 15.1 Å². The summed E-state index contributed by atoms with van der Waals surface area (Å²) in [6, 6.07) is 0.561. The van der Waals surface area contributed by atoms with E-state index in [1.165, 1.54) is 12.8 Å². The van der Waals surface area contributed by atoms with E-state index in [9.17, 15) is 0 Å². The fraction of sp³-hybridized carbons (Fsp3) is 0.714. The van der Waals surface area contributed by atoms with E-state index >= 15 is 0 Å². The van der Waals surface area contributed by atoms with Crippen molar-refractivity contribution in [2.45, 2.75) is 32.2 Å². The third-order valence-electron chi connectivity index (χ3n) is 3.43. The van der Waals surface area contributed by atoms with Crippen LogP contribution in [0.4, 0.5) is 11.6 Å². The molecule has 0 amide bonds. The minimum atomic E-state index is 0.561. The normalized spacial score (nSPS) is 19.2. The highest BCUT2D eigenvalue weighted by molar-refractivity contribution is 5.45. The maximum absolute atomic E-state index is 4.68. The molecule has 5 heteroatoms. The Morgan fingerprint density at radius 2 is 2.26 bits per heavy atom. The second-order valence-corrected chi connectivity index (χ2v) is 5.44. The van der Waals surface area contributed by atoms with E-state index in [4.69, 9.17) is 0 Å². The third-order valence-corrected chi connectivity index (χ3v) is 3.43. The van der Waals surface area contributed by atoms with Crippen LogP contribution in [0, 0.1) is 0 Å². The molecule has 0 aromatic carbocycles. The van der Waals surface area contributed by atoms with Crippen molar-refractivity contribution >= 4 is 11.6 Å². The Labute approximate surface area is 116 Å². The van der Waals surface area contributed by atoms with Gasteiger partial charge in [0.05, 0.1) is 12.4 Å². The number of anilines is 2. The standard InChI is InChI=1S/C14H25N5/c1-4-7-16-13-9-15-10-14(17-13)19-8-5-6-12(19)11-18(2)3/h9-10,12H,4-8,11H2,1-3H3,(H,16,17). The van der Waals surface area contributed by atoms with Crippen LogP contribution in [0.15, 0.2) is 12.4 Å². The van der Waals surface area contributed by atoms with E-state index in [-0.39, 0.29) is 0 Å². The van der Waals surface area contributed by atoms with Gasteiger partial charge in [-0.15, -0.1) is 0 Å². The van der Waals surface area contributed by atoms with Crippen LogP contribution in [0.2, 0.25) is 0 Å². The number of aromatic nitrogens is 2. The molecular weight excluding hydrogens is 238 g/mol. The quantitative estimate of drug-likeness (QED) is 0.848. The van der Waals surface area contributed by atoms with Gasteiger partial charge >= 0.3 is 0 Å². The molecule has 1 N–H and O–H groups in total. The van der Waals surface area contributed by atoms with Gasteiger partial charge in [0.1, 0.15) is 11.6 Å². The fourth-order valence-electron chi connectivity index (χ4n) is 2.58. The van der Waals surface area contributed by atoms with Gasteiger partial charge in [0, 0.05) is 25.7 Å². The van der Waals surface area contributed by atoms with Crippen LogP contribution >= 0.6 is 0 Å². The smallest absolute Gasteiger partial charge is 0.149 e. The van der Waals surface area contributed by atoms with Crippen molar-refractivity contribution in [3.63, 3.8) is 0 Å². The highest BCUT2D eigenvalue weighted by Gasteiger charge is 2.26. The minimum Gasteiger partial charge on any atom is -0.369 e. The largest absolute Gasteiger partial charge is 0.369 e. The Morgan fingerprint density at radius 3 is 3.00 bits per heavy atom. The van der Waals surface area contributed by atoms with Crippen LogP contribution in [0.5, 0.6) is 0 Å². The lowest BCUT2D eigenvalue weighted by Crippen LogP contribution is -2.38. The Hall–Kier alpha value is -1.36. The monoisotopic (exact) mass is 263 g/mol. The summed E-state index contributed by atoms with van der Waals surface area (Å²) in [5.41, 5.74) is 0. The van der Waals surface area contributed by atoms with Crippen LogP contribution in [0.3, 0.4) is 0 Å². The van der Waals surface area contributed by atoms with Crippen molar-refractivity contribution in [3.05, 3.63) is 12.4 Å². The van der Waals surface area contributed by atoms with Gasteiger partial charge in [0.15, 0.2) is 0 Å². The SMILES string of the molecule is CCCNc1cncc(N2CCCC2CN(C)C)n1. The molecule has 0 saturated carbocycles. The average Bonchev–Trinajstić information content (AvgIpc) is 2.84. The Kier molecular flexibility index (Phi) is 4.96. The second-order valence-electron chi connectivity index (χ2n) is 5.44. The van der Waals surface area contributed by atoms with Crippen molar-refractivity contribution in [1.82, 2.24) is 14.9 Å². The van der Waals surface area contributed by atoms with Crippen LogP contribution in [-0.2, 0) is 0 Å². The number of hydrogen-bond acceptors (Lipinski definition) is 5. The zero-order chi connectivity index (χ0) is 13.7. The molecule has 1 aliphatic rings. The van der Waals surface area contributed by atoms with E-state index in [1.807, 2.05) is 6.20 Å². The van der Waals surface area contributed by atoms with Crippen LogP contribution in [0.1, 0.15) is 26.2 Å². The first-order valence-electron chi connectivity index (χ1n) is 7.18. The van der Waals surface area contributed by atoms with Crippen molar-refractivity contribution in [1.29, 1.82) is 0 Å². The van der Waals surface area contributed by atoms with Crippen LogP contribution in [0.25, 0.3) is 0 Å². The Morgan fingerprint density at radius 1 is 1.42 bits per heavy atom. The number of hydrogen-bond donors (Lipinski definition) is 1. The van der Waals surface area contributed by atoms with Crippen molar-refractivity contribution in [2.75, 3.05) is 43.9 Å². The molecule has 2 rings (SSSR count). The minimum absolute atomic E-state index is 0.561. The van der Waals surface area contributed by atoms with E-state index < -0.39 is 0 Å². The first-order valence-corrected chi connectivity index (χ1v) is 7.18. The van der Waals surface area contributed by atoms with Crippen molar-refractivity contribution in [2.24, 2.45) is 0 Å². The fourth-order valence-corrected chi connectivity index (χ4v) is 2.58. The highest BCUT2D eigenvalue weighted by atomic mass is 15.3. The molecule has 0 bridgehead atoms.